The van der Waals surface area contributed by atoms with Gasteiger partial charge in [-0.3, -0.25) is 9.59 Å². The summed E-state index contributed by atoms with van der Waals surface area (Å²) in [5, 5.41) is 0. The second-order valence-corrected chi connectivity index (χ2v) is 7.45. The average Bonchev–Trinajstić information content (AvgIpc) is 2.53. The normalized spacial score (nSPS) is 11.5. The van der Waals surface area contributed by atoms with Crippen LogP contribution in [0.2, 0.25) is 0 Å². The summed E-state index contributed by atoms with van der Waals surface area (Å²) in [5.74, 6) is -0.145. The highest BCUT2D eigenvalue weighted by atomic mass is 16.5. The van der Waals surface area contributed by atoms with Gasteiger partial charge in [-0.25, -0.2) is 0 Å². The molecule has 4 heteroatoms. The van der Waals surface area contributed by atoms with E-state index in [0.717, 1.165) is 38.5 Å². The molecule has 0 radical (unpaired) electrons. The van der Waals surface area contributed by atoms with Crippen molar-refractivity contribution in [1.82, 2.24) is 0 Å². The van der Waals surface area contributed by atoms with Gasteiger partial charge >= 0.3 is 11.9 Å². The Balaban J connectivity index is 3.29. The molecular weight excluding hydrogens is 328 g/mol. The number of hydrogen-bond acceptors (Lipinski definition) is 4. The highest BCUT2D eigenvalue weighted by Gasteiger charge is 2.05. The van der Waals surface area contributed by atoms with Gasteiger partial charge in [0.2, 0.25) is 0 Å². The molecule has 0 saturated heterocycles. The van der Waals surface area contributed by atoms with E-state index in [1.807, 2.05) is 27.7 Å². The summed E-state index contributed by atoms with van der Waals surface area (Å²) in [6.45, 7) is 7.53. The summed E-state index contributed by atoms with van der Waals surface area (Å²) in [7, 11) is 0. The van der Waals surface area contributed by atoms with Crippen LogP contribution in [0.15, 0.2) is 12.2 Å². The molecule has 26 heavy (non-hydrogen) atoms. The van der Waals surface area contributed by atoms with Crippen molar-refractivity contribution in [3.8, 4) is 0 Å². The Bertz CT molecular complexity index is 350. The molecule has 0 spiro atoms. The molecule has 0 unspecified atom stereocenters. The Morgan fingerprint density at radius 2 is 0.962 bits per heavy atom. The maximum Gasteiger partial charge on any atom is 0.306 e. The lowest BCUT2D eigenvalue weighted by Crippen LogP contribution is -2.10. The Morgan fingerprint density at radius 3 is 1.31 bits per heavy atom. The molecule has 0 heterocycles. The fourth-order valence-corrected chi connectivity index (χ4v) is 2.65. The van der Waals surface area contributed by atoms with Crippen LogP contribution in [0, 0.1) is 0 Å². The lowest BCUT2D eigenvalue weighted by molar-refractivity contribution is -0.148. The minimum Gasteiger partial charge on any atom is -0.463 e. The van der Waals surface area contributed by atoms with Gasteiger partial charge in [0.15, 0.2) is 0 Å². The first-order valence-electron chi connectivity index (χ1n) is 10.5. The van der Waals surface area contributed by atoms with Crippen LogP contribution in [-0.4, -0.2) is 24.1 Å². The molecule has 0 aromatic rings. The molecule has 0 amide bonds. The first kappa shape index (κ1) is 24.7. The first-order chi connectivity index (χ1) is 12.4. The van der Waals surface area contributed by atoms with Crippen LogP contribution in [0.4, 0.5) is 0 Å². The van der Waals surface area contributed by atoms with Gasteiger partial charge in [0, 0.05) is 12.8 Å². The Kier molecular flexibility index (Phi) is 16.2. The van der Waals surface area contributed by atoms with Crippen LogP contribution < -0.4 is 0 Å². The van der Waals surface area contributed by atoms with Crippen molar-refractivity contribution < 1.29 is 19.1 Å². The van der Waals surface area contributed by atoms with E-state index < -0.39 is 0 Å². The molecule has 0 aliphatic heterocycles. The van der Waals surface area contributed by atoms with Gasteiger partial charge in [-0.05, 0) is 66.2 Å². The van der Waals surface area contributed by atoms with E-state index in [9.17, 15) is 9.59 Å². The Hall–Kier alpha value is -1.32. The summed E-state index contributed by atoms with van der Waals surface area (Å²) >= 11 is 0. The van der Waals surface area contributed by atoms with E-state index in [1.165, 1.54) is 25.7 Å². The molecule has 152 valence electrons. The third kappa shape index (κ3) is 19.0. The second kappa shape index (κ2) is 17.1. The first-order valence-corrected chi connectivity index (χ1v) is 10.5. The van der Waals surface area contributed by atoms with Crippen molar-refractivity contribution in [2.45, 2.75) is 117 Å². The number of rotatable bonds is 16. The fourth-order valence-electron chi connectivity index (χ4n) is 2.65. The zero-order valence-electron chi connectivity index (χ0n) is 17.4. The van der Waals surface area contributed by atoms with Crippen LogP contribution in [0.5, 0.6) is 0 Å². The summed E-state index contributed by atoms with van der Waals surface area (Å²) in [4.78, 5) is 22.7. The lowest BCUT2D eigenvalue weighted by Gasteiger charge is -2.07. The van der Waals surface area contributed by atoms with E-state index in [1.54, 1.807) is 0 Å². The zero-order chi connectivity index (χ0) is 19.6. The standard InChI is InChI=1S/C22H40O4/c1-19(2)25-21(23)17-15-13-11-9-7-5-6-8-10-12-14-16-18-22(24)26-20(3)4/h5-6,19-20H,7-18H2,1-4H3/b6-5+. The third-order valence-corrected chi connectivity index (χ3v) is 3.90. The van der Waals surface area contributed by atoms with Gasteiger partial charge in [-0.15, -0.1) is 0 Å². The number of unbranched alkanes of at least 4 members (excludes halogenated alkanes) is 8. The largest absolute Gasteiger partial charge is 0.463 e. The SMILES string of the molecule is CC(C)OC(=O)CCCCCC/C=C/CCCCCCC(=O)OC(C)C. The van der Waals surface area contributed by atoms with Gasteiger partial charge in [-0.2, -0.15) is 0 Å². The van der Waals surface area contributed by atoms with Gasteiger partial charge in [0.1, 0.15) is 0 Å². The number of ether oxygens (including phenoxy) is 2. The molecule has 0 aromatic carbocycles. The van der Waals surface area contributed by atoms with Crippen molar-refractivity contribution in [3.05, 3.63) is 12.2 Å². The maximum absolute atomic E-state index is 11.4. The van der Waals surface area contributed by atoms with Crippen molar-refractivity contribution in [1.29, 1.82) is 0 Å². The highest BCUT2D eigenvalue weighted by molar-refractivity contribution is 5.69. The number of esters is 2. The molecule has 0 N–H and O–H groups in total. The number of allylic oxidation sites excluding steroid dienone is 2. The van der Waals surface area contributed by atoms with Crippen molar-refractivity contribution in [2.24, 2.45) is 0 Å². The van der Waals surface area contributed by atoms with Crippen molar-refractivity contribution in [2.75, 3.05) is 0 Å². The van der Waals surface area contributed by atoms with Gasteiger partial charge in [0.05, 0.1) is 12.2 Å². The van der Waals surface area contributed by atoms with E-state index in [4.69, 9.17) is 9.47 Å². The molecule has 0 aliphatic rings. The molecule has 0 fully saturated rings. The van der Waals surface area contributed by atoms with E-state index in [2.05, 4.69) is 12.2 Å². The smallest absolute Gasteiger partial charge is 0.306 e. The number of carbonyl (C=O) groups is 2. The number of hydrogen-bond donors (Lipinski definition) is 0. The predicted molar refractivity (Wildman–Crippen MR) is 107 cm³/mol. The summed E-state index contributed by atoms with van der Waals surface area (Å²) < 4.78 is 10.2. The summed E-state index contributed by atoms with van der Waals surface area (Å²) in [6.07, 6.45) is 16.6. The Labute approximate surface area is 160 Å². The molecule has 0 aliphatic carbocycles. The maximum atomic E-state index is 11.4. The highest BCUT2D eigenvalue weighted by Crippen LogP contribution is 2.10. The van der Waals surface area contributed by atoms with Crippen LogP contribution in [0.1, 0.15) is 105 Å². The van der Waals surface area contributed by atoms with Crippen molar-refractivity contribution in [3.63, 3.8) is 0 Å². The molecule has 0 rings (SSSR count). The lowest BCUT2D eigenvalue weighted by atomic mass is 10.1. The number of carbonyl (C=O) groups excluding carboxylic acids is 2. The van der Waals surface area contributed by atoms with E-state index in [0.29, 0.717) is 12.8 Å². The van der Waals surface area contributed by atoms with Crippen LogP contribution >= 0.6 is 0 Å². The van der Waals surface area contributed by atoms with E-state index >= 15 is 0 Å². The minimum absolute atomic E-state index is 0.00554. The van der Waals surface area contributed by atoms with Crippen LogP contribution in [-0.2, 0) is 19.1 Å². The van der Waals surface area contributed by atoms with E-state index in [-0.39, 0.29) is 24.1 Å². The molecular formula is C22H40O4. The Morgan fingerprint density at radius 1 is 0.615 bits per heavy atom. The molecule has 0 bridgehead atoms. The quantitative estimate of drug-likeness (QED) is 0.187. The monoisotopic (exact) mass is 368 g/mol. The summed E-state index contributed by atoms with van der Waals surface area (Å²) in [6, 6.07) is 0. The minimum atomic E-state index is -0.0725. The van der Waals surface area contributed by atoms with Crippen molar-refractivity contribution >= 4 is 11.9 Å². The molecule has 0 atom stereocenters. The predicted octanol–water partition coefficient (Wildman–Crippen LogP) is 6.13. The fraction of sp³-hybridized carbons (Fsp3) is 0.818. The second-order valence-electron chi connectivity index (χ2n) is 7.45. The zero-order valence-corrected chi connectivity index (χ0v) is 17.4. The summed E-state index contributed by atoms with van der Waals surface area (Å²) in [5.41, 5.74) is 0. The molecule has 4 nitrogen and oxygen atoms in total. The van der Waals surface area contributed by atoms with Gasteiger partial charge in [0.25, 0.3) is 0 Å². The molecule has 0 saturated carbocycles. The average molecular weight is 369 g/mol. The van der Waals surface area contributed by atoms with Crippen LogP contribution in [0.3, 0.4) is 0 Å². The van der Waals surface area contributed by atoms with Gasteiger partial charge < -0.3 is 9.47 Å². The van der Waals surface area contributed by atoms with Gasteiger partial charge in [-0.1, -0.05) is 37.8 Å². The third-order valence-electron chi connectivity index (χ3n) is 3.90. The van der Waals surface area contributed by atoms with Crippen LogP contribution in [0.25, 0.3) is 0 Å². The topological polar surface area (TPSA) is 52.6 Å². The molecule has 0 aromatic heterocycles.